The third-order valence-corrected chi connectivity index (χ3v) is 3.74. The van der Waals surface area contributed by atoms with Gasteiger partial charge >= 0.3 is 5.97 Å². The summed E-state index contributed by atoms with van der Waals surface area (Å²) in [5.41, 5.74) is 2.62. The van der Waals surface area contributed by atoms with Crippen LogP contribution in [0.2, 0.25) is 0 Å². The molecule has 0 heterocycles. The molecule has 0 saturated carbocycles. The number of carbonyl (C=O) groups is 2. The molecule has 2 rings (SSSR count). The molecule has 0 aliphatic heterocycles. The number of ether oxygens (including phenoxy) is 1. The molecule has 5 heteroatoms. The van der Waals surface area contributed by atoms with E-state index in [0.29, 0.717) is 23.4 Å². The topological polar surface area (TPSA) is 55.4 Å². The van der Waals surface area contributed by atoms with Gasteiger partial charge in [0, 0.05) is 27.5 Å². The maximum Gasteiger partial charge on any atom is 0.338 e. The first kappa shape index (κ1) is 17.9. The predicted molar refractivity (Wildman–Crippen MR) is 98.3 cm³/mol. The molecule has 0 aromatic heterocycles. The fourth-order valence-electron chi connectivity index (χ4n) is 2.06. The van der Waals surface area contributed by atoms with Crippen molar-refractivity contribution in [2.24, 2.45) is 0 Å². The van der Waals surface area contributed by atoms with Crippen LogP contribution in [0.25, 0.3) is 0 Å². The number of nitrogens with one attached hydrogen (secondary N) is 1. The zero-order valence-electron chi connectivity index (χ0n) is 13.5. The maximum absolute atomic E-state index is 12.2. The molecule has 0 aliphatic carbocycles. The Balaban J connectivity index is 2.03. The molecule has 0 unspecified atom stereocenters. The lowest BCUT2D eigenvalue weighted by Gasteiger charge is -2.08. The second-order valence-corrected chi connectivity index (χ2v) is 6.04. The van der Waals surface area contributed by atoms with Crippen LogP contribution < -0.4 is 5.32 Å². The number of carbonyl (C=O) groups excluding carboxylic acids is 2. The molecule has 2 aromatic rings. The molecule has 0 radical (unpaired) electrons. The molecule has 2 aromatic carbocycles. The molecular formula is C19H18BrNO3. The van der Waals surface area contributed by atoms with Crippen LogP contribution in [0, 0.1) is 0 Å². The van der Waals surface area contributed by atoms with Crippen LogP contribution in [-0.2, 0) is 4.74 Å². The zero-order valence-corrected chi connectivity index (χ0v) is 15.1. The van der Waals surface area contributed by atoms with Gasteiger partial charge in [-0.25, -0.2) is 4.79 Å². The number of esters is 1. The first-order valence-electron chi connectivity index (χ1n) is 7.52. The normalized spacial score (nSPS) is 11.0. The summed E-state index contributed by atoms with van der Waals surface area (Å²) < 4.78 is 5.87. The highest BCUT2D eigenvalue weighted by molar-refractivity contribution is 9.10. The molecule has 0 fully saturated rings. The lowest BCUT2D eigenvalue weighted by atomic mass is 10.1. The van der Waals surface area contributed by atoms with Crippen molar-refractivity contribution in [1.29, 1.82) is 0 Å². The second-order valence-electron chi connectivity index (χ2n) is 5.12. The highest BCUT2D eigenvalue weighted by Crippen LogP contribution is 2.15. The monoisotopic (exact) mass is 387 g/mol. The molecule has 124 valence electrons. The lowest BCUT2D eigenvalue weighted by molar-refractivity contribution is 0.0526. The van der Waals surface area contributed by atoms with Crippen molar-refractivity contribution in [1.82, 2.24) is 0 Å². The van der Waals surface area contributed by atoms with Gasteiger partial charge in [-0.05, 0) is 62.4 Å². The Morgan fingerprint density at radius 3 is 2.21 bits per heavy atom. The number of rotatable bonds is 6. The van der Waals surface area contributed by atoms with Gasteiger partial charge in [0.2, 0.25) is 0 Å². The Labute approximate surface area is 149 Å². The van der Waals surface area contributed by atoms with E-state index in [2.05, 4.69) is 21.2 Å². The number of ketones is 1. The van der Waals surface area contributed by atoms with Gasteiger partial charge in [0.1, 0.15) is 0 Å². The molecule has 0 saturated heterocycles. The smallest absolute Gasteiger partial charge is 0.338 e. The Morgan fingerprint density at radius 1 is 1.04 bits per heavy atom. The minimum absolute atomic E-state index is 0.0735. The first-order valence-corrected chi connectivity index (χ1v) is 8.31. The maximum atomic E-state index is 12.2. The summed E-state index contributed by atoms with van der Waals surface area (Å²) in [6, 6.07) is 14.1. The summed E-state index contributed by atoms with van der Waals surface area (Å²) in [5, 5.41) is 3.13. The van der Waals surface area contributed by atoms with E-state index < -0.39 is 0 Å². The quantitative estimate of drug-likeness (QED) is 0.438. The zero-order chi connectivity index (χ0) is 17.5. The van der Waals surface area contributed by atoms with E-state index in [1.54, 1.807) is 49.4 Å². The van der Waals surface area contributed by atoms with Gasteiger partial charge in [0.05, 0.1) is 12.2 Å². The van der Waals surface area contributed by atoms with Gasteiger partial charge in [-0.15, -0.1) is 0 Å². The van der Waals surface area contributed by atoms with E-state index in [9.17, 15) is 9.59 Å². The van der Waals surface area contributed by atoms with Gasteiger partial charge in [-0.2, -0.15) is 0 Å². The standard InChI is InChI=1S/C19H18BrNO3/c1-3-24-19(23)15-6-10-17(11-7-15)21-13(2)12-18(22)14-4-8-16(20)9-5-14/h4-12,21H,3H2,1-2H3/b13-12+. The number of halogens is 1. The molecule has 0 spiro atoms. The van der Waals surface area contributed by atoms with Crippen molar-refractivity contribution in [3.63, 3.8) is 0 Å². The molecule has 24 heavy (non-hydrogen) atoms. The van der Waals surface area contributed by atoms with Crippen molar-refractivity contribution in [3.05, 3.63) is 75.9 Å². The van der Waals surface area contributed by atoms with E-state index >= 15 is 0 Å². The SMILES string of the molecule is CCOC(=O)c1ccc(N/C(C)=C/C(=O)c2ccc(Br)cc2)cc1. The van der Waals surface area contributed by atoms with Crippen LogP contribution >= 0.6 is 15.9 Å². The third-order valence-electron chi connectivity index (χ3n) is 3.21. The fraction of sp³-hybridized carbons (Fsp3) is 0.158. The summed E-state index contributed by atoms with van der Waals surface area (Å²) in [6.07, 6.45) is 1.54. The van der Waals surface area contributed by atoms with Crippen LogP contribution in [-0.4, -0.2) is 18.4 Å². The molecule has 0 amide bonds. The molecule has 0 bridgehead atoms. The second kappa shape index (κ2) is 8.45. The number of hydrogen-bond donors (Lipinski definition) is 1. The summed E-state index contributed by atoms with van der Waals surface area (Å²) in [4.78, 5) is 23.8. The van der Waals surface area contributed by atoms with E-state index in [1.807, 2.05) is 19.1 Å². The summed E-state index contributed by atoms with van der Waals surface area (Å²) in [7, 11) is 0. The van der Waals surface area contributed by atoms with Gasteiger partial charge in [-0.1, -0.05) is 15.9 Å². The number of allylic oxidation sites excluding steroid dienone is 2. The minimum atomic E-state index is -0.346. The summed E-state index contributed by atoms with van der Waals surface area (Å²) in [6.45, 7) is 3.93. The highest BCUT2D eigenvalue weighted by Gasteiger charge is 2.06. The van der Waals surface area contributed by atoms with Crippen LogP contribution in [0.1, 0.15) is 34.6 Å². The molecule has 0 atom stereocenters. The van der Waals surface area contributed by atoms with Crippen molar-refractivity contribution >= 4 is 33.4 Å². The average molecular weight is 388 g/mol. The molecule has 4 nitrogen and oxygen atoms in total. The van der Waals surface area contributed by atoms with Crippen LogP contribution in [0.3, 0.4) is 0 Å². The fourth-order valence-corrected chi connectivity index (χ4v) is 2.33. The van der Waals surface area contributed by atoms with Gasteiger partial charge < -0.3 is 10.1 Å². The molecule has 1 N–H and O–H groups in total. The van der Waals surface area contributed by atoms with Crippen molar-refractivity contribution in [2.45, 2.75) is 13.8 Å². The Bertz CT molecular complexity index is 749. The Hall–Kier alpha value is -2.40. The molecular weight excluding hydrogens is 370 g/mol. The van der Waals surface area contributed by atoms with Crippen LogP contribution in [0.4, 0.5) is 5.69 Å². The lowest BCUT2D eigenvalue weighted by Crippen LogP contribution is -2.05. The van der Waals surface area contributed by atoms with Gasteiger partial charge in [0.25, 0.3) is 0 Å². The number of anilines is 1. The van der Waals surface area contributed by atoms with Crippen LogP contribution in [0.15, 0.2) is 64.8 Å². The van der Waals surface area contributed by atoms with E-state index in [0.717, 1.165) is 10.2 Å². The van der Waals surface area contributed by atoms with Gasteiger partial charge in [-0.3, -0.25) is 4.79 Å². The Kier molecular flexibility index (Phi) is 6.32. The van der Waals surface area contributed by atoms with Gasteiger partial charge in [0.15, 0.2) is 5.78 Å². The van der Waals surface area contributed by atoms with E-state index in [1.165, 1.54) is 0 Å². The largest absolute Gasteiger partial charge is 0.462 e. The number of benzene rings is 2. The highest BCUT2D eigenvalue weighted by atomic mass is 79.9. The summed E-state index contributed by atoms with van der Waals surface area (Å²) in [5.74, 6) is -0.419. The third kappa shape index (κ3) is 5.06. The summed E-state index contributed by atoms with van der Waals surface area (Å²) >= 11 is 3.34. The van der Waals surface area contributed by atoms with Crippen molar-refractivity contribution < 1.29 is 14.3 Å². The van der Waals surface area contributed by atoms with Crippen molar-refractivity contribution in [2.75, 3.05) is 11.9 Å². The molecule has 0 aliphatic rings. The van der Waals surface area contributed by atoms with E-state index in [4.69, 9.17) is 4.74 Å². The van der Waals surface area contributed by atoms with Crippen LogP contribution in [0.5, 0.6) is 0 Å². The number of hydrogen-bond acceptors (Lipinski definition) is 4. The predicted octanol–water partition coefficient (Wildman–Crippen LogP) is 4.82. The first-order chi connectivity index (χ1) is 11.5. The minimum Gasteiger partial charge on any atom is -0.462 e. The van der Waals surface area contributed by atoms with E-state index in [-0.39, 0.29) is 11.8 Å². The van der Waals surface area contributed by atoms with Crippen molar-refractivity contribution in [3.8, 4) is 0 Å². The Morgan fingerprint density at radius 2 is 1.62 bits per heavy atom. The average Bonchev–Trinajstić information content (AvgIpc) is 2.56.